The molecular weight excluding hydrogens is 589 g/mol. The van der Waals surface area contributed by atoms with Crippen LogP contribution in [-0.4, -0.2) is 33.0 Å². The number of halogens is 1. The summed E-state index contributed by atoms with van der Waals surface area (Å²) in [4.78, 5) is 12.8. The SMILES string of the molecule is CCOC(=O)[C@H](C#Cc1ccccc1)O/C(=N\S(=O)(=O)c1c(C)cc(C)cc1C)c1ccccc1I. The molecule has 0 aliphatic heterocycles. The fourth-order valence-corrected chi connectivity index (χ4v) is 5.63. The van der Waals surface area contributed by atoms with Gasteiger partial charge in [-0.3, -0.25) is 0 Å². The number of carbonyl (C=O) groups excluding carboxylic acids is 1. The van der Waals surface area contributed by atoms with E-state index >= 15 is 0 Å². The van der Waals surface area contributed by atoms with Crippen molar-refractivity contribution < 1.29 is 22.7 Å². The van der Waals surface area contributed by atoms with Crippen LogP contribution in [0.15, 0.2) is 76.0 Å². The highest BCUT2D eigenvalue weighted by molar-refractivity contribution is 14.1. The first-order chi connectivity index (χ1) is 17.1. The van der Waals surface area contributed by atoms with Crippen LogP contribution in [0.1, 0.15) is 34.7 Å². The predicted molar refractivity (Wildman–Crippen MR) is 148 cm³/mol. The van der Waals surface area contributed by atoms with E-state index in [1.54, 1.807) is 63.2 Å². The molecule has 0 unspecified atom stereocenters. The van der Waals surface area contributed by atoms with Gasteiger partial charge < -0.3 is 9.47 Å². The van der Waals surface area contributed by atoms with Crippen molar-refractivity contribution in [2.24, 2.45) is 4.40 Å². The van der Waals surface area contributed by atoms with Crippen LogP contribution in [0.2, 0.25) is 0 Å². The van der Waals surface area contributed by atoms with Crippen molar-refractivity contribution >= 4 is 44.5 Å². The summed E-state index contributed by atoms with van der Waals surface area (Å²) < 4.78 is 42.9. The van der Waals surface area contributed by atoms with E-state index in [1.807, 2.05) is 31.2 Å². The number of benzene rings is 3. The monoisotopic (exact) mass is 615 g/mol. The second kappa shape index (κ2) is 12.2. The maximum absolute atomic E-state index is 13.5. The minimum atomic E-state index is -4.19. The van der Waals surface area contributed by atoms with Gasteiger partial charge in [0.25, 0.3) is 16.1 Å². The Morgan fingerprint density at radius 3 is 2.22 bits per heavy atom. The first kappa shape index (κ1) is 27.4. The highest BCUT2D eigenvalue weighted by Crippen LogP contribution is 2.25. The van der Waals surface area contributed by atoms with Crippen molar-refractivity contribution in [2.45, 2.75) is 38.7 Å². The number of rotatable bonds is 6. The van der Waals surface area contributed by atoms with E-state index in [4.69, 9.17) is 9.47 Å². The van der Waals surface area contributed by atoms with Gasteiger partial charge in [-0.25, -0.2) is 4.79 Å². The van der Waals surface area contributed by atoms with Crippen LogP contribution >= 0.6 is 22.6 Å². The number of hydrogen-bond donors (Lipinski definition) is 0. The molecule has 3 aromatic rings. The van der Waals surface area contributed by atoms with E-state index in [9.17, 15) is 13.2 Å². The van der Waals surface area contributed by atoms with Gasteiger partial charge in [0.2, 0.25) is 5.90 Å². The lowest BCUT2D eigenvalue weighted by molar-refractivity contribution is -0.149. The van der Waals surface area contributed by atoms with Crippen molar-refractivity contribution in [3.63, 3.8) is 0 Å². The highest BCUT2D eigenvalue weighted by atomic mass is 127. The number of nitrogens with zero attached hydrogens (tertiary/aromatic N) is 1. The fraction of sp³-hybridized carbons (Fsp3) is 0.214. The molecule has 0 aliphatic rings. The largest absolute Gasteiger partial charge is 0.462 e. The smallest absolute Gasteiger partial charge is 0.360 e. The molecular formula is C28H26INO5S. The molecule has 0 saturated carbocycles. The molecule has 0 bridgehead atoms. The summed E-state index contributed by atoms with van der Waals surface area (Å²) >= 11 is 2.06. The molecule has 0 fully saturated rings. The molecule has 0 N–H and O–H groups in total. The summed E-state index contributed by atoms with van der Waals surface area (Å²) in [5.41, 5.74) is 3.18. The lowest BCUT2D eigenvalue weighted by atomic mass is 10.1. The third-order valence-corrected chi connectivity index (χ3v) is 7.53. The number of esters is 1. The fourth-order valence-electron chi connectivity index (χ4n) is 3.63. The molecule has 0 spiro atoms. The molecule has 0 saturated heterocycles. The minimum absolute atomic E-state index is 0.100. The first-order valence-corrected chi connectivity index (χ1v) is 13.7. The van der Waals surface area contributed by atoms with Crippen LogP contribution in [0.5, 0.6) is 0 Å². The molecule has 0 heterocycles. The molecule has 8 heteroatoms. The van der Waals surface area contributed by atoms with Crippen LogP contribution in [0.4, 0.5) is 0 Å². The van der Waals surface area contributed by atoms with Gasteiger partial charge in [-0.2, -0.15) is 8.42 Å². The molecule has 3 rings (SSSR count). The minimum Gasteiger partial charge on any atom is -0.462 e. The van der Waals surface area contributed by atoms with Gasteiger partial charge in [0.05, 0.1) is 17.1 Å². The second-order valence-corrected chi connectivity index (χ2v) is 10.7. The molecule has 0 amide bonds. The zero-order valence-electron chi connectivity index (χ0n) is 20.4. The Bertz CT molecular complexity index is 1430. The molecule has 6 nitrogen and oxygen atoms in total. The van der Waals surface area contributed by atoms with Crippen LogP contribution in [0, 0.1) is 36.2 Å². The Hall–Kier alpha value is -3.16. The van der Waals surface area contributed by atoms with Crippen LogP contribution in [0.25, 0.3) is 0 Å². The van der Waals surface area contributed by atoms with Gasteiger partial charge in [0.15, 0.2) is 0 Å². The van der Waals surface area contributed by atoms with E-state index < -0.39 is 22.1 Å². The number of carbonyl (C=O) groups is 1. The third-order valence-electron chi connectivity index (χ3n) is 5.02. The Kier molecular flexibility index (Phi) is 9.29. The average Bonchev–Trinajstić information content (AvgIpc) is 2.81. The number of ether oxygens (including phenoxy) is 2. The van der Waals surface area contributed by atoms with Crippen molar-refractivity contribution in [1.29, 1.82) is 0 Å². The predicted octanol–water partition coefficient (Wildman–Crippen LogP) is 5.35. The van der Waals surface area contributed by atoms with Crippen molar-refractivity contribution in [2.75, 3.05) is 6.61 Å². The Morgan fingerprint density at radius 1 is 1.00 bits per heavy atom. The molecule has 36 heavy (non-hydrogen) atoms. The maximum atomic E-state index is 13.5. The maximum Gasteiger partial charge on any atom is 0.360 e. The Morgan fingerprint density at radius 2 is 1.61 bits per heavy atom. The first-order valence-electron chi connectivity index (χ1n) is 11.2. The van der Waals surface area contributed by atoms with Gasteiger partial charge in [-0.05, 0) is 91.6 Å². The zero-order chi connectivity index (χ0) is 26.3. The number of aryl methyl sites for hydroxylation is 3. The van der Waals surface area contributed by atoms with Crippen molar-refractivity contribution in [3.05, 3.63) is 98.1 Å². The molecule has 1 atom stereocenters. The summed E-state index contributed by atoms with van der Waals surface area (Å²) in [5, 5.41) is 0. The quantitative estimate of drug-likeness (QED) is 0.123. The molecule has 0 aliphatic carbocycles. The Balaban J connectivity index is 2.15. The van der Waals surface area contributed by atoms with Crippen LogP contribution in [-0.2, 0) is 24.3 Å². The molecule has 3 aromatic carbocycles. The summed E-state index contributed by atoms with van der Waals surface area (Å²) in [7, 11) is -4.19. The second-order valence-electron chi connectivity index (χ2n) is 7.96. The van der Waals surface area contributed by atoms with Gasteiger partial charge in [-0.1, -0.05) is 53.9 Å². The third kappa shape index (κ3) is 6.95. The van der Waals surface area contributed by atoms with Gasteiger partial charge in [-0.15, -0.1) is 4.40 Å². The lowest BCUT2D eigenvalue weighted by Crippen LogP contribution is -2.29. The lowest BCUT2D eigenvalue weighted by Gasteiger charge is -2.16. The van der Waals surface area contributed by atoms with Gasteiger partial charge >= 0.3 is 5.97 Å². The molecule has 0 radical (unpaired) electrons. The van der Waals surface area contributed by atoms with Crippen molar-refractivity contribution in [1.82, 2.24) is 0 Å². The van der Waals surface area contributed by atoms with E-state index in [1.165, 1.54) is 0 Å². The summed E-state index contributed by atoms with van der Waals surface area (Å²) in [6.45, 7) is 7.13. The summed E-state index contributed by atoms with van der Waals surface area (Å²) in [6.07, 6.45) is -1.39. The highest BCUT2D eigenvalue weighted by Gasteiger charge is 2.27. The van der Waals surface area contributed by atoms with Crippen LogP contribution in [0.3, 0.4) is 0 Å². The molecule has 0 aromatic heterocycles. The summed E-state index contributed by atoms with van der Waals surface area (Å²) in [6, 6.07) is 19.7. The average molecular weight is 615 g/mol. The Labute approximate surface area is 226 Å². The van der Waals surface area contributed by atoms with E-state index in [-0.39, 0.29) is 17.4 Å². The molecule has 186 valence electrons. The number of hydrogen-bond acceptors (Lipinski definition) is 5. The van der Waals surface area contributed by atoms with E-state index in [0.717, 1.165) is 5.56 Å². The standard InChI is InChI=1S/C28H26INO5S/c1-5-34-28(31)25(16-15-22-11-7-6-8-12-22)35-27(23-13-9-10-14-24(23)29)30-36(32,33)26-20(3)17-19(2)18-21(26)4/h6-14,17-18,25H,5H2,1-4H3/b30-27-/t25-/m0/s1. The van der Waals surface area contributed by atoms with E-state index in [2.05, 4.69) is 38.8 Å². The van der Waals surface area contributed by atoms with Crippen LogP contribution < -0.4 is 0 Å². The number of sulfonamides is 1. The summed E-state index contributed by atoms with van der Waals surface area (Å²) in [5.74, 6) is 4.69. The van der Waals surface area contributed by atoms with Crippen molar-refractivity contribution in [3.8, 4) is 11.8 Å². The van der Waals surface area contributed by atoms with E-state index in [0.29, 0.717) is 25.8 Å². The normalized spacial score (nSPS) is 12.3. The topological polar surface area (TPSA) is 82.0 Å². The van der Waals surface area contributed by atoms with Gasteiger partial charge in [0, 0.05) is 9.13 Å². The van der Waals surface area contributed by atoms with Gasteiger partial charge in [0.1, 0.15) is 0 Å². The zero-order valence-corrected chi connectivity index (χ0v) is 23.4.